The fourth-order valence-corrected chi connectivity index (χ4v) is 2.25. The van der Waals surface area contributed by atoms with E-state index in [4.69, 9.17) is 0 Å². The molecule has 0 saturated carbocycles. The van der Waals surface area contributed by atoms with Crippen molar-refractivity contribution in [2.45, 2.75) is 59.5 Å². The fraction of sp³-hybridized carbons (Fsp3) is 0.450. The lowest BCUT2D eigenvalue weighted by Gasteiger charge is -2.20. The van der Waals surface area contributed by atoms with E-state index < -0.39 is 0 Å². The molecule has 1 unspecified atom stereocenters. The van der Waals surface area contributed by atoms with E-state index in [0.29, 0.717) is 17.6 Å². The Balaban J connectivity index is 2.19. The number of nitrogens with one attached hydrogen (secondary N) is 3. The van der Waals surface area contributed by atoms with Gasteiger partial charge < -0.3 is 16.0 Å². The van der Waals surface area contributed by atoms with Crippen LogP contribution in [0.2, 0.25) is 0 Å². The van der Waals surface area contributed by atoms with Crippen molar-refractivity contribution >= 4 is 23.4 Å². The van der Waals surface area contributed by atoms with Gasteiger partial charge in [-0.3, -0.25) is 4.79 Å². The van der Waals surface area contributed by atoms with Gasteiger partial charge in [-0.05, 0) is 59.2 Å². The molecule has 1 aromatic heterocycles. The van der Waals surface area contributed by atoms with Crippen LogP contribution in [0.4, 0.5) is 17.5 Å². The van der Waals surface area contributed by atoms with Crippen molar-refractivity contribution in [1.82, 2.24) is 15.3 Å². The van der Waals surface area contributed by atoms with Crippen LogP contribution < -0.4 is 16.0 Å². The van der Waals surface area contributed by atoms with Crippen LogP contribution in [-0.4, -0.2) is 27.5 Å². The molecule has 0 radical (unpaired) electrons. The van der Waals surface area contributed by atoms with Gasteiger partial charge in [0.1, 0.15) is 5.82 Å². The number of rotatable bonds is 6. The second kappa shape index (κ2) is 8.17. The third-order valence-corrected chi connectivity index (χ3v) is 3.84. The van der Waals surface area contributed by atoms with E-state index in [9.17, 15) is 4.79 Å². The Hall–Kier alpha value is -2.63. The van der Waals surface area contributed by atoms with Crippen LogP contribution in [0, 0.1) is 6.92 Å². The van der Waals surface area contributed by atoms with Crippen molar-refractivity contribution in [1.29, 1.82) is 0 Å². The van der Waals surface area contributed by atoms with E-state index in [2.05, 4.69) is 39.8 Å². The standard InChI is InChI=1S/C20H29N5O/c1-7-14(3)22-19-21-12-13(2)17(24-19)23-16-10-8-9-15(11-16)18(26)25-20(4,5)6/h8-12,14H,7H2,1-6H3,(H,25,26)(H2,21,22,23,24). The summed E-state index contributed by atoms with van der Waals surface area (Å²) < 4.78 is 0. The number of aryl methyl sites for hydroxylation is 1. The number of nitrogens with zero attached hydrogens (tertiary/aromatic N) is 2. The highest BCUT2D eigenvalue weighted by Gasteiger charge is 2.15. The molecule has 0 saturated heterocycles. The lowest BCUT2D eigenvalue weighted by molar-refractivity contribution is 0.0919. The first kappa shape index (κ1) is 19.7. The minimum absolute atomic E-state index is 0.0975. The molecule has 1 atom stereocenters. The zero-order valence-electron chi connectivity index (χ0n) is 16.5. The number of hydrogen-bond donors (Lipinski definition) is 3. The van der Waals surface area contributed by atoms with Crippen LogP contribution >= 0.6 is 0 Å². The smallest absolute Gasteiger partial charge is 0.251 e. The zero-order valence-corrected chi connectivity index (χ0v) is 16.5. The topological polar surface area (TPSA) is 78.9 Å². The maximum Gasteiger partial charge on any atom is 0.251 e. The predicted octanol–water partition coefficient (Wildman–Crippen LogP) is 4.27. The number of carbonyl (C=O) groups is 1. The van der Waals surface area contributed by atoms with E-state index >= 15 is 0 Å². The number of benzene rings is 1. The maximum absolute atomic E-state index is 12.4. The van der Waals surface area contributed by atoms with E-state index in [-0.39, 0.29) is 11.4 Å². The molecule has 0 fully saturated rings. The van der Waals surface area contributed by atoms with Crippen molar-refractivity contribution in [2.24, 2.45) is 0 Å². The second-order valence-corrected chi connectivity index (χ2v) is 7.59. The summed E-state index contributed by atoms with van der Waals surface area (Å²) in [5.74, 6) is 1.22. The molecule has 2 rings (SSSR count). The van der Waals surface area contributed by atoms with Crippen molar-refractivity contribution in [3.05, 3.63) is 41.6 Å². The van der Waals surface area contributed by atoms with Gasteiger partial charge in [-0.2, -0.15) is 4.98 Å². The van der Waals surface area contributed by atoms with Gasteiger partial charge in [0, 0.05) is 34.6 Å². The summed E-state index contributed by atoms with van der Waals surface area (Å²) in [5, 5.41) is 9.54. The van der Waals surface area contributed by atoms with Gasteiger partial charge >= 0.3 is 0 Å². The average molecular weight is 355 g/mol. The van der Waals surface area contributed by atoms with Crippen molar-refractivity contribution < 1.29 is 4.79 Å². The molecule has 6 heteroatoms. The second-order valence-electron chi connectivity index (χ2n) is 7.59. The van der Waals surface area contributed by atoms with Crippen LogP contribution in [-0.2, 0) is 0 Å². The Kier molecular flexibility index (Phi) is 6.18. The van der Waals surface area contributed by atoms with Crippen LogP contribution in [0.15, 0.2) is 30.5 Å². The molecule has 1 amide bonds. The van der Waals surface area contributed by atoms with Crippen LogP contribution in [0.3, 0.4) is 0 Å². The van der Waals surface area contributed by atoms with E-state index in [1.807, 2.05) is 45.9 Å². The van der Waals surface area contributed by atoms with E-state index in [1.165, 1.54) is 0 Å². The molecule has 3 N–H and O–H groups in total. The molecule has 0 aliphatic carbocycles. The summed E-state index contributed by atoms with van der Waals surface area (Å²) in [4.78, 5) is 21.2. The minimum atomic E-state index is -0.277. The van der Waals surface area contributed by atoms with Gasteiger partial charge in [-0.25, -0.2) is 4.98 Å². The highest BCUT2D eigenvalue weighted by Crippen LogP contribution is 2.20. The Bertz CT molecular complexity index is 767. The summed E-state index contributed by atoms with van der Waals surface area (Å²) in [6, 6.07) is 7.70. The van der Waals surface area contributed by atoms with Crippen molar-refractivity contribution in [2.75, 3.05) is 10.6 Å². The first-order valence-electron chi connectivity index (χ1n) is 8.97. The third-order valence-electron chi connectivity index (χ3n) is 3.84. The molecule has 26 heavy (non-hydrogen) atoms. The zero-order chi connectivity index (χ0) is 19.3. The van der Waals surface area contributed by atoms with Crippen LogP contribution in [0.25, 0.3) is 0 Å². The van der Waals surface area contributed by atoms with E-state index in [1.54, 1.807) is 12.3 Å². The SMILES string of the molecule is CCC(C)Nc1ncc(C)c(Nc2cccc(C(=O)NC(C)(C)C)c2)n1. The van der Waals surface area contributed by atoms with Crippen LogP contribution in [0.1, 0.15) is 57.0 Å². The summed E-state index contributed by atoms with van der Waals surface area (Å²) in [6.45, 7) is 12.0. The van der Waals surface area contributed by atoms with Crippen molar-refractivity contribution in [3.63, 3.8) is 0 Å². The number of aromatic nitrogens is 2. The number of carbonyl (C=O) groups excluding carboxylic acids is 1. The Morgan fingerprint density at radius 2 is 2.00 bits per heavy atom. The first-order chi connectivity index (χ1) is 12.2. The lowest BCUT2D eigenvalue weighted by atomic mass is 10.1. The number of hydrogen-bond acceptors (Lipinski definition) is 5. The fourth-order valence-electron chi connectivity index (χ4n) is 2.25. The van der Waals surface area contributed by atoms with Crippen LogP contribution in [0.5, 0.6) is 0 Å². The molecule has 0 aliphatic heterocycles. The van der Waals surface area contributed by atoms with Gasteiger partial charge in [0.2, 0.25) is 5.95 Å². The Morgan fingerprint density at radius 1 is 1.27 bits per heavy atom. The lowest BCUT2D eigenvalue weighted by Crippen LogP contribution is -2.40. The molecule has 0 spiro atoms. The molecule has 1 heterocycles. The van der Waals surface area contributed by atoms with Crippen molar-refractivity contribution in [3.8, 4) is 0 Å². The summed E-state index contributed by atoms with van der Waals surface area (Å²) >= 11 is 0. The molecule has 6 nitrogen and oxygen atoms in total. The molecule has 140 valence electrons. The molecule has 0 aliphatic rings. The largest absolute Gasteiger partial charge is 0.352 e. The highest BCUT2D eigenvalue weighted by molar-refractivity contribution is 5.95. The molecular formula is C20H29N5O. The Labute approximate surface area is 155 Å². The van der Waals surface area contributed by atoms with Gasteiger partial charge in [0.25, 0.3) is 5.91 Å². The summed E-state index contributed by atoms with van der Waals surface area (Å²) in [6.07, 6.45) is 2.78. The molecule has 1 aromatic carbocycles. The first-order valence-corrected chi connectivity index (χ1v) is 8.97. The molecule has 2 aromatic rings. The monoisotopic (exact) mass is 355 g/mol. The third kappa shape index (κ3) is 5.72. The quantitative estimate of drug-likeness (QED) is 0.721. The number of amides is 1. The van der Waals surface area contributed by atoms with E-state index in [0.717, 1.165) is 23.5 Å². The normalized spacial score (nSPS) is 12.4. The average Bonchev–Trinajstić information content (AvgIpc) is 2.56. The van der Waals surface area contributed by atoms with Gasteiger partial charge in [-0.15, -0.1) is 0 Å². The molecule has 0 bridgehead atoms. The maximum atomic E-state index is 12.4. The highest BCUT2D eigenvalue weighted by atomic mass is 16.1. The number of anilines is 3. The molecular weight excluding hydrogens is 326 g/mol. The predicted molar refractivity (Wildman–Crippen MR) is 107 cm³/mol. The Morgan fingerprint density at radius 3 is 2.65 bits per heavy atom. The summed E-state index contributed by atoms with van der Waals surface area (Å²) in [7, 11) is 0. The van der Waals surface area contributed by atoms with Gasteiger partial charge in [-0.1, -0.05) is 13.0 Å². The van der Waals surface area contributed by atoms with Gasteiger partial charge in [0.15, 0.2) is 0 Å². The van der Waals surface area contributed by atoms with Gasteiger partial charge in [0.05, 0.1) is 0 Å². The summed E-state index contributed by atoms with van der Waals surface area (Å²) in [5.41, 5.74) is 2.07. The minimum Gasteiger partial charge on any atom is -0.352 e.